The summed E-state index contributed by atoms with van der Waals surface area (Å²) in [5.74, 6) is 0. The van der Waals surface area contributed by atoms with Crippen molar-refractivity contribution in [2.75, 3.05) is 4.90 Å². The van der Waals surface area contributed by atoms with Crippen molar-refractivity contribution < 1.29 is 0 Å². The molecule has 1 heterocycles. The summed E-state index contributed by atoms with van der Waals surface area (Å²) in [7, 11) is 0. The van der Waals surface area contributed by atoms with Crippen LogP contribution in [0.3, 0.4) is 0 Å². The second kappa shape index (κ2) is 15.1. The average molecular weight is 765 g/mol. The van der Waals surface area contributed by atoms with E-state index < -0.39 is 0 Å². The van der Waals surface area contributed by atoms with Crippen molar-refractivity contribution in [2.45, 2.75) is 0 Å². The van der Waals surface area contributed by atoms with Gasteiger partial charge in [0, 0.05) is 33.3 Å². The molecule has 0 aliphatic heterocycles. The van der Waals surface area contributed by atoms with E-state index in [2.05, 4.69) is 252 Å². The third kappa shape index (κ3) is 6.14. The Bertz CT molecular complexity index is 3290. The standard InChI is InChI=1S/C58H40N2/c1-5-19-42(20-6-1)50-32-18-34-56(58(50)44-24-9-3-10-25-44)60-54-33-16-15-30-51(54)52-37-36-47(40-57(52)60)59(46-27-11-4-12-28-46)55-38-35-45(39-53(55)43-21-7-2-8-22-43)49-31-17-26-41-23-13-14-29-48(41)49/h1-40H. The number of rotatable bonds is 8. The maximum Gasteiger partial charge on any atom is 0.0562 e. The molecule has 0 aliphatic carbocycles. The molecule has 0 amide bonds. The molecule has 10 aromatic carbocycles. The minimum Gasteiger partial charge on any atom is -0.310 e. The number of benzene rings is 10. The van der Waals surface area contributed by atoms with Crippen LogP contribution in [0.25, 0.3) is 82.8 Å². The summed E-state index contributed by atoms with van der Waals surface area (Å²) in [6, 6.07) is 88.0. The normalized spacial score (nSPS) is 11.3. The fourth-order valence-electron chi connectivity index (χ4n) is 9.08. The van der Waals surface area contributed by atoms with Crippen molar-refractivity contribution in [1.82, 2.24) is 4.57 Å². The third-order valence-corrected chi connectivity index (χ3v) is 11.8. The minimum atomic E-state index is 1.08. The lowest BCUT2D eigenvalue weighted by Crippen LogP contribution is -2.11. The first-order valence-electron chi connectivity index (χ1n) is 20.6. The molecule has 0 saturated heterocycles. The summed E-state index contributed by atoms with van der Waals surface area (Å²) in [4.78, 5) is 2.43. The summed E-state index contributed by atoms with van der Waals surface area (Å²) >= 11 is 0. The number of hydrogen-bond donors (Lipinski definition) is 0. The molecule has 1 aromatic heterocycles. The van der Waals surface area contributed by atoms with Crippen LogP contribution in [0.1, 0.15) is 0 Å². The molecule has 0 aliphatic rings. The van der Waals surface area contributed by atoms with E-state index in [1.807, 2.05) is 0 Å². The van der Waals surface area contributed by atoms with E-state index in [1.165, 1.54) is 60.4 Å². The first-order valence-corrected chi connectivity index (χ1v) is 20.6. The van der Waals surface area contributed by atoms with Gasteiger partial charge in [0.05, 0.1) is 22.4 Å². The lowest BCUT2D eigenvalue weighted by atomic mass is 9.92. The molecule has 0 fully saturated rings. The third-order valence-electron chi connectivity index (χ3n) is 11.8. The van der Waals surface area contributed by atoms with Crippen LogP contribution in [0.4, 0.5) is 17.1 Å². The summed E-state index contributed by atoms with van der Waals surface area (Å²) in [5, 5.41) is 4.91. The fraction of sp³-hybridized carbons (Fsp3) is 0. The van der Waals surface area contributed by atoms with E-state index in [-0.39, 0.29) is 0 Å². The van der Waals surface area contributed by atoms with Crippen molar-refractivity contribution in [1.29, 1.82) is 0 Å². The van der Waals surface area contributed by atoms with E-state index in [0.29, 0.717) is 0 Å². The van der Waals surface area contributed by atoms with Crippen LogP contribution in [0.15, 0.2) is 243 Å². The summed E-state index contributed by atoms with van der Waals surface area (Å²) in [6.45, 7) is 0. The molecule has 0 saturated carbocycles. The molecule has 60 heavy (non-hydrogen) atoms. The van der Waals surface area contributed by atoms with E-state index >= 15 is 0 Å². The number of nitrogens with zero attached hydrogens (tertiary/aromatic N) is 2. The monoisotopic (exact) mass is 764 g/mol. The lowest BCUT2D eigenvalue weighted by Gasteiger charge is -2.29. The molecule has 0 unspecified atom stereocenters. The highest BCUT2D eigenvalue weighted by Gasteiger charge is 2.23. The second-order valence-corrected chi connectivity index (χ2v) is 15.3. The van der Waals surface area contributed by atoms with Gasteiger partial charge in [0.15, 0.2) is 0 Å². The molecule has 0 radical (unpaired) electrons. The average Bonchev–Trinajstić information content (AvgIpc) is 3.66. The molecule has 0 N–H and O–H groups in total. The van der Waals surface area contributed by atoms with Gasteiger partial charge in [-0.3, -0.25) is 0 Å². The highest BCUT2D eigenvalue weighted by Crippen LogP contribution is 2.46. The molecular weight excluding hydrogens is 725 g/mol. The van der Waals surface area contributed by atoms with Gasteiger partial charge in [-0.05, 0) is 92.7 Å². The Balaban J connectivity index is 1.18. The van der Waals surface area contributed by atoms with Gasteiger partial charge in [0.2, 0.25) is 0 Å². The fourth-order valence-corrected chi connectivity index (χ4v) is 9.08. The molecule has 11 aromatic rings. The molecule has 0 spiro atoms. The maximum atomic E-state index is 2.48. The van der Waals surface area contributed by atoms with Crippen molar-refractivity contribution in [2.24, 2.45) is 0 Å². The predicted molar refractivity (Wildman–Crippen MR) is 255 cm³/mol. The zero-order chi connectivity index (χ0) is 39.8. The summed E-state index contributed by atoms with van der Waals surface area (Å²) in [6.07, 6.45) is 0. The molecule has 11 rings (SSSR count). The number of fused-ring (bicyclic) bond motifs is 4. The highest BCUT2D eigenvalue weighted by molar-refractivity contribution is 6.11. The molecule has 2 heteroatoms. The van der Waals surface area contributed by atoms with Gasteiger partial charge in [-0.15, -0.1) is 0 Å². The van der Waals surface area contributed by atoms with Gasteiger partial charge in [0.1, 0.15) is 0 Å². The van der Waals surface area contributed by atoms with Crippen LogP contribution >= 0.6 is 0 Å². The Kier molecular flexibility index (Phi) is 8.87. The SMILES string of the molecule is c1ccc(-c2cc(-c3cccc4ccccc34)ccc2N(c2ccccc2)c2ccc3c4ccccc4n(-c4cccc(-c5ccccc5)c4-c4ccccc4)c3c2)cc1. The maximum absolute atomic E-state index is 2.48. The van der Waals surface area contributed by atoms with Crippen LogP contribution < -0.4 is 4.90 Å². The van der Waals surface area contributed by atoms with Crippen LogP contribution in [-0.2, 0) is 0 Å². The molecule has 282 valence electrons. The van der Waals surface area contributed by atoms with E-state index in [1.54, 1.807) is 0 Å². The van der Waals surface area contributed by atoms with Crippen LogP contribution in [0.5, 0.6) is 0 Å². The summed E-state index contributed by atoms with van der Waals surface area (Å²) in [5.41, 5.74) is 16.2. The summed E-state index contributed by atoms with van der Waals surface area (Å²) < 4.78 is 2.48. The van der Waals surface area contributed by atoms with E-state index in [4.69, 9.17) is 0 Å². The van der Waals surface area contributed by atoms with Crippen LogP contribution in [0.2, 0.25) is 0 Å². The minimum absolute atomic E-state index is 1.08. The van der Waals surface area contributed by atoms with Crippen molar-refractivity contribution in [3.8, 4) is 50.2 Å². The highest BCUT2D eigenvalue weighted by atomic mass is 15.1. The van der Waals surface area contributed by atoms with Gasteiger partial charge in [-0.25, -0.2) is 0 Å². The molecule has 0 atom stereocenters. The largest absolute Gasteiger partial charge is 0.310 e. The van der Waals surface area contributed by atoms with Crippen LogP contribution in [0, 0.1) is 0 Å². The number of hydrogen-bond acceptors (Lipinski definition) is 1. The Morgan fingerprint density at radius 2 is 0.867 bits per heavy atom. The van der Waals surface area contributed by atoms with Gasteiger partial charge in [-0.1, -0.05) is 194 Å². The van der Waals surface area contributed by atoms with Crippen LogP contribution in [-0.4, -0.2) is 4.57 Å². The van der Waals surface area contributed by atoms with Crippen molar-refractivity contribution in [3.63, 3.8) is 0 Å². The number of para-hydroxylation sites is 2. The zero-order valence-electron chi connectivity index (χ0n) is 33.0. The number of aromatic nitrogens is 1. The number of anilines is 3. The topological polar surface area (TPSA) is 8.17 Å². The first kappa shape index (κ1) is 35.2. The Hall–Kier alpha value is -7.94. The first-order chi connectivity index (χ1) is 29.8. The predicted octanol–water partition coefficient (Wildman–Crippen LogP) is 16.1. The van der Waals surface area contributed by atoms with Gasteiger partial charge < -0.3 is 9.47 Å². The molecule has 0 bridgehead atoms. The Morgan fingerprint density at radius 1 is 0.300 bits per heavy atom. The van der Waals surface area contributed by atoms with Gasteiger partial charge >= 0.3 is 0 Å². The van der Waals surface area contributed by atoms with Gasteiger partial charge in [-0.2, -0.15) is 0 Å². The van der Waals surface area contributed by atoms with Crippen molar-refractivity contribution >= 4 is 49.6 Å². The van der Waals surface area contributed by atoms with Gasteiger partial charge in [0.25, 0.3) is 0 Å². The van der Waals surface area contributed by atoms with E-state index in [9.17, 15) is 0 Å². The smallest absolute Gasteiger partial charge is 0.0562 e. The zero-order valence-corrected chi connectivity index (χ0v) is 33.0. The van der Waals surface area contributed by atoms with E-state index in [0.717, 1.165) is 39.4 Å². The Labute approximate surface area is 350 Å². The quantitative estimate of drug-likeness (QED) is 0.150. The Morgan fingerprint density at radius 3 is 1.62 bits per heavy atom. The molecular formula is C58H40N2. The second-order valence-electron chi connectivity index (χ2n) is 15.3. The molecule has 2 nitrogen and oxygen atoms in total. The van der Waals surface area contributed by atoms with Crippen molar-refractivity contribution in [3.05, 3.63) is 243 Å². The lowest BCUT2D eigenvalue weighted by molar-refractivity contribution is 1.18.